The maximum atomic E-state index is 14.7. The third kappa shape index (κ3) is 2.35. The summed E-state index contributed by atoms with van der Waals surface area (Å²) in [6.45, 7) is 1.85. The number of aryl methyl sites for hydroxylation is 1. The van der Waals surface area contributed by atoms with Crippen molar-refractivity contribution in [1.29, 1.82) is 0 Å². The monoisotopic (exact) mass is 297 g/mol. The smallest absolute Gasteiger partial charge is 0.338 e. The van der Waals surface area contributed by atoms with Crippen LogP contribution in [0.15, 0.2) is 42.7 Å². The minimum Gasteiger partial charge on any atom is -0.478 e. The van der Waals surface area contributed by atoms with Gasteiger partial charge in [0.05, 0.1) is 16.8 Å². The predicted molar refractivity (Wildman–Crippen MR) is 80.9 cm³/mol. The molecule has 3 aromatic rings. The molecule has 0 aliphatic rings. The number of aromatic nitrogens is 2. The molecule has 110 valence electrons. The second-order valence-electron chi connectivity index (χ2n) is 4.78. The second-order valence-corrected chi connectivity index (χ2v) is 4.78. The molecule has 6 heteroatoms. The first kappa shape index (κ1) is 13.9. The van der Waals surface area contributed by atoms with Crippen molar-refractivity contribution >= 4 is 28.4 Å². The molecule has 1 heterocycles. The van der Waals surface area contributed by atoms with Crippen LogP contribution < -0.4 is 5.32 Å². The van der Waals surface area contributed by atoms with Crippen LogP contribution in [0.2, 0.25) is 0 Å². The molecule has 0 aliphatic heterocycles. The molecule has 5 nitrogen and oxygen atoms in total. The largest absolute Gasteiger partial charge is 0.478 e. The first-order valence-electron chi connectivity index (χ1n) is 6.57. The second kappa shape index (κ2) is 5.40. The fraction of sp³-hybridized carbons (Fsp3) is 0.0625. The topological polar surface area (TPSA) is 75.1 Å². The fourth-order valence-electron chi connectivity index (χ4n) is 2.21. The van der Waals surface area contributed by atoms with Gasteiger partial charge in [0.1, 0.15) is 5.52 Å². The van der Waals surface area contributed by atoms with Crippen molar-refractivity contribution in [2.24, 2.45) is 0 Å². The molecule has 3 rings (SSSR count). The fourth-order valence-corrected chi connectivity index (χ4v) is 2.21. The summed E-state index contributed by atoms with van der Waals surface area (Å²) in [5.74, 6) is -1.96. The Morgan fingerprint density at radius 2 is 1.95 bits per heavy atom. The average molecular weight is 297 g/mol. The average Bonchev–Trinajstić information content (AvgIpc) is 2.51. The van der Waals surface area contributed by atoms with Gasteiger partial charge in [0.15, 0.2) is 5.82 Å². The molecule has 0 spiro atoms. The predicted octanol–water partition coefficient (Wildman–Crippen LogP) is 3.52. The summed E-state index contributed by atoms with van der Waals surface area (Å²) in [6.07, 6.45) is 2.76. The number of rotatable bonds is 3. The zero-order valence-corrected chi connectivity index (χ0v) is 11.7. The standard InChI is InChI=1S/C16H12FN3O2/c1-9-4-2-3-5-11(9)20-14-10(16(21)22)8-12-15(13(14)17)19-7-6-18-12/h2-8,20H,1H3,(H,21,22). The molecule has 0 aliphatic carbocycles. The third-order valence-corrected chi connectivity index (χ3v) is 3.34. The van der Waals surface area contributed by atoms with E-state index in [1.54, 1.807) is 12.1 Å². The molecule has 2 N–H and O–H groups in total. The Morgan fingerprint density at radius 1 is 1.23 bits per heavy atom. The van der Waals surface area contributed by atoms with E-state index in [0.29, 0.717) is 5.69 Å². The Morgan fingerprint density at radius 3 is 2.68 bits per heavy atom. The number of nitrogens with zero attached hydrogens (tertiary/aromatic N) is 2. The number of halogens is 1. The summed E-state index contributed by atoms with van der Waals surface area (Å²) in [4.78, 5) is 19.3. The summed E-state index contributed by atoms with van der Waals surface area (Å²) in [6, 6.07) is 8.55. The Hall–Kier alpha value is -3.02. The molecular weight excluding hydrogens is 285 g/mol. The van der Waals surface area contributed by atoms with Crippen molar-refractivity contribution in [2.75, 3.05) is 5.32 Å². The maximum Gasteiger partial charge on any atom is 0.338 e. The van der Waals surface area contributed by atoms with Gasteiger partial charge in [-0.1, -0.05) is 18.2 Å². The van der Waals surface area contributed by atoms with Crippen molar-refractivity contribution in [3.63, 3.8) is 0 Å². The van der Waals surface area contributed by atoms with Crippen molar-refractivity contribution in [3.05, 3.63) is 59.7 Å². The molecule has 0 saturated carbocycles. The first-order valence-corrected chi connectivity index (χ1v) is 6.57. The molecular formula is C16H12FN3O2. The number of carbonyl (C=O) groups is 1. The van der Waals surface area contributed by atoms with Gasteiger partial charge in [-0.3, -0.25) is 4.98 Å². The molecule has 0 unspecified atom stereocenters. The molecule has 1 aromatic heterocycles. The van der Waals surface area contributed by atoms with E-state index in [-0.39, 0.29) is 22.3 Å². The van der Waals surface area contributed by atoms with Crippen molar-refractivity contribution < 1.29 is 14.3 Å². The number of aromatic carboxylic acids is 1. The first-order chi connectivity index (χ1) is 10.6. The lowest BCUT2D eigenvalue weighted by molar-refractivity contribution is 0.0697. The summed E-state index contributed by atoms with van der Waals surface area (Å²) >= 11 is 0. The number of carboxylic acid groups (broad SMARTS) is 1. The van der Waals surface area contributed by atoms with Crippen LogP contribution in [0, 0.1) is 12.7 Å². The quantitative estimate of drug-likeness (QED) is 0.773. The van der Waals surface area contributed by atoms with Crippen molar-refractivity contribution in [1.82, 2.24) is 9.97 Å². The molecule has 0 fully saturated rings. The van der Waals surface area contributed by atoms with Gasteiger partial charge >= 0.3 is 5.97 Å². The van der Waals surface area contributed by atoms with Crippen molar-refractivity contribution in [3.8, 4) is 0 Å². The summed E-state index contributed by atoms with van der Waals surface area (Å²) in [5, 5.41) is 12.2. The number of anilines is 2. The summed E-state index contributed by atoms with van der Waals surface area (Å²) < 4.78 is 14.7. The van der Waals surface area contributed by atoms with Crippen LogP contribution in [0.1, 0.15) is 15.9 Å². The Kier molecular flexibility index (Phi) is 3.42. The molecule has 22 heavy (non-hydrogen) atoms. The molecule has 2 aromatic carbocycles. The van der Waals surface area contributed by atoms with Gasteiger partial charge < -0.3 is 10.4 Å². The summed E-state index contributed by atoms with van der Waals surface area (Å²) in [5.41, 5.74) is 1.43. The normalized spacial score (nSPS) is 10.6. The van der Waals surface area contributed by atoms with E-state index in [9.17, 15) is 14.3 Å². The Bertz CT molecular complexity index is 880. The molecule has 0 saturated heterocycles. The van der Waals surface area contributed by atoms with E-state index in [1.807, 2.05) is 19.1 Å². The zero-order chi connectivity index (χ0) is 15.7. The lowest BCUT2D eigenvalue weighted by Crippen LogP contribution is -2.07. The zero-order valence-electron chi connectivity index (χ0n) is 11.7. The lowest BCUT2D eigenvalue weighted by Gasteiger charge is -2.14. The van der Waals surface area contributed by atoms with Gasteiger partial charge in [0.2, 0.25) is 0 Å². The van der Waals surface area contributed by atoms with Crippen LogP contribution >= 0.6 is 0 Å². The Balaban J connectivity index is 2.23. The molecule has 0 radical (unpaired) electrons. The van der Waals surface area contributed by atoms with Crippen LogP contribution in [-0.2, 0) is 0 Å². The third-order valence-electron chi connectivity index (χ3n) is 3.34. The highest BCUT2D eigenvalue weighted by atomic mass is 19.1. The van der Waals surface area contributed by atoms with Gasteiger partial charge in [-0.15, -0.1) is 0 Å². The minimum atomic E-state index is -1.23. The van der Waals surface area contributed by atoms with Crippen LogP contribution in [-0.4, -0.2) is 21.0 Å². The van der Waals surface area contributed by atoms with Crippen LogP contribution in [0.3, 0.4) is 0 Å². The van der Waals surface area contributed by atoms with Crippen LogP contribution in [0.5, 0.6) is 0 Å². The van der Waals surface area contributed by atoms with Crippen LogP contribution in [0.4, 0.5) is 15.8 Å². The van der Waals surface area contributed by atoms with E-state index in [2.05, 4.69) is 15.3 Å². The highest BCUT2D eigenvalue weighted by Crippen LogP contribution is 2.30. The number of carboxylic acids is 1. The van der Waals surface area contributed by atoms with E-state index in [1.165, 1.54) is 18.5 Å². The van der Waals surface area contributed by atoms with Crippen molar-refractivity contribution in [2.45, 2.75) is 6.92 Å². The van der Waals surface area contributed by atoms with Gasteiger partial charge in [0.25, 0.3) is 0 Å². The van der Waals surface area contributed by atoms with Crippen LogP contribution in [0.25, 0.3) is 11.0 Å². The number of para-hydroxylation sites is 1. The van der Waals surface area contributed by atoms with E-state index < -0.39 is 11.8 Å². The number of nitrogens with one attached hydrogen (secondary N) is 1. The highest BCUT2D eigenvalue weighted by Gasteiger charge is 2.20. The van der Waals surface area contributed by atoms with E-state index >= 15 is 0 Å². The molecule has 0 bridgehead atoms. The number of hydrogen-bond acceptors (Lipinski definition) is 4. The highest BCUT2D eigenvalue weighted by molar-refractivity contribution is 6.00. The number of benzene rings is 2. The maximum absolute atomic E-state index is 14.7. The summed E-state index contributed by atoms with van der Waals surface area (Å²) in [7, 11) is 0. The van der Waals surface area contributed by atoms with E-state index in [4.69, 9.17) is 0 Å². The number of hydrogen-bond donors (Lipinski definition) is 2. The number of fused-ring (bicyclic) bond motifs is 1. The lowest BCUT2D eigenvalue weighted by atomic mass is 10.1. The SMILES string of the molecule is Cc1ccccc1Nc1c(C(=O)O)cc2nccnc2c1F. The van der Waals surface area contributed by atoms with Gasteiger partial charge in [0, 0.05) is 18.1 Å². The van der Waals surface area contributed by atoms with Gasteiger partial charge in [-0.2, -0.15) is 0 Å². The van der Waals surface area contributed by atoms with Gasteiger partial charge in [-0.05, 0) is 24.6 Å². The minimum absolute atomic E-state index is 0.0311. The Labute approximate surface area is 125 Å². The van der Waals surface area contributed by atoms with E-state index in [0.717, 1.165) is 5.56 Å². The molecule has 0 amide bonds. The molecule has 0 atom stereocenters. The van der Waals surface area contributed by atoms with Gasteiger partial charge in [-0.25, -0.2) is 14.2 Å².